The number of nitrogens with zero attached hydrogens (tertiary/aromatic N) is 1. The largest absolute Gasteiger partial charge is 0.481 e. The highest BCUT2D eigenvalue weighted by Gasteiger charge is 2.33. The van der Waals surface area contributed by atoms with E-state index in [9.17, 15) is 48.6 Å². The lowest BCUT2D eigenvalue weighted by atomic mass is 10.0. The van der Waals surface area contributed by atoms with Crippen LogP contribution in [0.2, 0.25) is 0 Å². The number of carbonyl (C=O) groups is 8. The van der Waals surface area contributed by atoms with E-state index < -0.39 is 96.5 Å². The molecule has 1 aromatic heterocycles. The quantitative estimate of drug-likeness (QED) is 0.0319. The van der Waals surface area contributed by atoms with Gasteiger partial charge in [-0.3, -0.25) is 38.6 Å². The normalized spacial score (nSPS) is 14.3. The minimum absolute atomic E-state index is 0.0230. The van der Waals surface area contributed by atoms with Gasteiger partial charge in [-0.15, -0.1) is 0 Å². The number of fused-ring (bicyclic) bond motifs is 1. The smallest absolute Gasteiger partial charge is 0.326 e. The van der Waals surface area contributed by atoms with Gasteiger partial charge >= 0.3 is 17.9 Å². The molecule has 302 valence electrons. The maximum Gasteiger partial charge on any atom is 0.326 e. The van der Waals surface area contributed by atoms with Crippen LogP contribution in [0.1, 0.15) is 58.4 Å². The second-order valence-electron chi connectivity index (χ2n) is 13.3. The molecular formula is C34H50N10O11. The molecule has 0 unspecified atom stereocenters. The molecule has 1 aromatic carbocycles. The second-order valence-corrected chi connectivity index (χ2v) is 13.3. The Kier molecular flexibility index (Phi) is 17.5. The molecule has 15 N–H and O–H groups in total. The van der Waals surface area contributed by atoms with Crippen LogP contribution in [0.15, 0.2) is 35.5 Å². The van der Waals surface area contributed by atoms with E-state index >= 15 is 0 Å². The van der Waals surface area contributed by atoms with Gasteiger partial charge in [0.2, 0.25) is 29.5 Å². The molecule has 55 heavy (non-hydrogen) atoms. The monoisotopic (exact) mass is 774 g/mol. The van der Waals surface area contributed by atoms with Gasteiger partial charge in [0.1, 0.15) is 30.2 Å². The zero-order valence-corrected chi connectivity index (χ0v) is 30.7. The van der Waals surface area contributed by atoms with Crippen LogP contribution in [0, 0.1) is 5.92 Å². The third-order valence-electron chi connectivity index (χ3n) is 8.13. The number of aromatic amines is 1. The highest BCUT2D eigenvalue weighted by Crippen LogP contribution is 2.19. The molecule has 5 amide bonds. The number of nitrogens with one attached hydrogen (secondary N) is 6. The lowest BCUT2D eigenvalue weighted by molar-refractivity contribution is -0.142. The lowest BCUT2D eigenvalue weighted by Crippen LogP contribution is -2.59. The van der Waals surface area contributed by atoms with Crippen molar-refractivity contribution in [3.05, 3.63) is 36.0 Å². The molecule has 21 heteroatoms. The Hall–Kier alpha value is -6.25. The molecule has 0 aliphatic rings. The number of para-hydroxylation sites is 1. The minimum Gasteiger partial charge on any atom is -0.481 e. The fourth-order valence-corrected chi connectivity index (χ4v) is 5.36. The maximum atomic E-state index is 13.6. The molecule has 0 aliphatic heterocycles. The summed E-state index contributed by atoms with van der Waals surface area (Å²) in [6.07, 6.45) is -0.0175. The number of aliphatic carboxylic acids is 3. The average molecular weight is 775 g/mol. The average Bonchev–Trinajstić information content (AvgIpc) is 3.49. The number of guanidine groups is 1. The highest BCUT2D eigenvalue weighted by atomic mass is 16.4. The Morgan fingerprint density at radius 2 is 1.29 bits per heavy atom. The fourth-order valence-electron chi connectivity index (χ4n) is 5.36. The Bertz CT molecular complexity index is 1740. The van der Waals surface area contributed by atoms with Crippen molar-refractivity contribution in [3.63, 3.8) is 0 Å². The number of benzene rings is 1. The number of hydrogen-bond acceptors (Lipinski definition) is 10. The van der Waals surface area contributed by atoms with E-state index in [0.717, 1.165) is 0 Å². The first-order chi connectivity index (χ1) is 25.8. The van der Waals surface area contributed by atoms with Crippen LogP contribution in [0.4, 0.5) is 0 Å². The summed E-state index contributed by atoms with van der Waals surface area (Å²) in [6.45, 7) is 4.88. The Labute approximate surface area is 315 Å². The predicted octanol–water partition coefficient (Wildman–Crippen LogP) is -2.38. The summed E-state index contributed by atoms with van der Waals surface area (Å²) in [6, 6.07) is -1.72. The van der Waals surface area contributed by atoms with E-state index in [1.165, 1.54) is 6.92 Å². The van der Waals surface area contributed by atoms with Crippen LogP contribution in [0.5, 0.6) is 0 Å². The summed E-state index contributed by atoms with van der Waals surface area (Å²) in [7, 11) is 0. The first-order valence-electron chi connectivity index (χ1n) is 17.3. The second kappa shape index (κ2) is 21.5. The van der Waals surface area contributed by atoms with E-state index in [4.69, 9.17) is 22.3 Å². The number of carboxylic acids is 3. The SMILES string of the molecule is CC(C)C[C@H](NC(=O)[C@H](C)NC(=O)[C@H](CC(=O)O)NC(=O)[C@H](Cc1c[nH]c2ccccc12)NC(=O)[C@@H](N)CC(=O)O)C(=O)N[C@@H](CCCN=C(N)N)C(=O)O. The number of aromatic nitrogens is 1. The van der Waals surface area contributed by atoms with Crippen LogP contribution in [-0.4, -0.2) is 117 Å². The highest BCUT2D eigenvalue weighted by molar-refractivity contribution is 5.98. The summed E-state index contributed by atoms with van der Waals surface area (Å²) in [5.74, 6) is -9.33. The number of hydrogen-bond donors (Lipinski definition) is 12. The van der Waals surface area contributed by atoms with Crippen molar-refractivity contribution in [2.75, 3.05) is 6.54 Å². The van der Waals surface area contributed by atoms with Gasteiger partial charge in [-0.25, -0.2) is 4.79 Å². The standard InChI is InChI=1S/C34H50N10O11/c1-16(2)11-23(31(52)41-22(33(54)55)9-6-10-38-34(36)37)42-28(49)17(3)40-30(51)25(14-27(47)48)44-32(53)24(43-29(50)20(35)13-26(45)46)12-18-15-39-21-8-5-4-7-19(18)21/h4-5,7-8,15-17,20,22-25,39H,6,9-14,35H2,1-3H3,(H,40,51)(H,41,52)(H,42,49)(H,43,50)(H,44,53)(H,45,46)(H,47,48)(H,54,55)(H4,36,37,38)/t17-,20-,22-,23-,24-,25-/m0/s1. The Morgan fingerprint density at radius 1 is 0.727 bits per heavy atom. The zero-order chi connectivity index (χ0) is 41.4. The van der Waals surface area contributed by atoms with Gasteiger partial charge in [-0.1, -0.05) is 32.0 Å². The Morgan fingerprint density at radius 3 is 1.89 bits per heavy atom. The number of amides is 5. The van der Waals surface area contributed by atoms with E-state index in [-0.39, 0.29) is 44.1 Å². The van der Waals surface area contributed by atoms with Crippen molar-refractivity contribution in [1.29, 1.82) is 0 Å². The van der Waals surface area contributed by atoms with Crippen molar-refractivity contribution in [2.45, 2.75) is 95.5 Å². The van der Waals surface area contributed by atoms with Crippen LogP contribution in [0.25, 0.3) is 10.9 Å². The van der Waals surface area contributed by atoms with Crippen molar-refractivity contribution in [1.82, 2.24) is 31.6 Å². The van der Waals surface area contributed by atoms with Gasteiger partial charge < -0.3 is 64.1 Å². The number of carboxylic acid groups (broad SMARTS) is 3. The van der Waals surface area contributed by atoms with Crippen LogP contribution >= 0.6 is 0 Å². The third kappa shape index (κ3) is 15.3. The van der Waals surface area contributed by atoms with Gasteiger partial charge in [-0.2, -0.15) is 0 Å². The number of rotatable bonds is 23. The molecule has 0 saturated carbocycles. The van der Waals surface area contributed by atoms with Gasteiger partial charge in [0, 0.05) is 30.1 Å². The number of carbonyl (C=O) groups excluding carboxylic acids is 5. The van der Waals surface area contributed by atoms with Crippen LogP contribution in [-0.2, 0) is 44.8 Å². The van der Waals surface area contributed by atoms with E-state index in [1.54, 1.807) is 44.3 Å². The number of H-pyrrole nitrogens is 1. The first kappa shape index (κ1) is 44.9. The zero-order valence-electron chi connectivity index (χ0n) is 30.7. The van der Waals surface area contributed by atoms with Crippen molar-refractivity contribution in [2.24, 2.45) is 28.1 Å². The number of aliphatic imine (C=N–C) groups is 1. The van der Waals surface area contributed by atoms with E-state index in [1.807, 2.05) is 0 Å². The molecule has 6 atom stereocenters. The summed E-state index contributed by atoms with van der Waals surface area (Å²) in [4.78, 5) is 108. The summed E-state index contributed by atoms with van der Waals surface area (Å²) < 4.78 is 0. The van der Waals surface area contributed by atoms with Gasteiger partial charge in [0.05, 0.1) is 18.9 Å². The van der Waals surface area contributed by atoms with Crippen LogP contribution < -0.4 is 43.8 Å². The Balaban J connectivity index is 2.22. The first-order valence-corrected chi connectivity index (χ1v) is 17.3. The van der Waals surface area contributed by atoms with Crippen molar-refractivity contribution < 1.29 is 53.7 Å². The molecule has 2 aromatic rings. The maximum absolute atomic E-state index is 13.6. The van der Waals surface area contributed by atoms with E-state index in [2.05, 4.69) is 36.6 Å². The molecule has 21 nitrogen and oxygen atoms in total. The molecule has 2 rings (SSSR count). The molecule has 0 radical (unpaired) electrons. The molecule has 0 saturated heterocycles. The van der Waals surface area contributed by atoms with Gasteiger partial charge in [-0.05, 0) is 43.7 Å². The van der Waals surface area contributed by atoms with Crippen molar-refractivity contribution >= 4 is 64.3 Å². The topological polar surface area (TPSA) is 364 Å². The summed E-state index contributed by atoms with van der Waals surface area (Å²) >= 11 is 0. The van der Waals surface area contributed by atoms with Crippen LogP contribution in [0.3, 0.4) is 0 Å². The summed E-state index contributed by atoms with van der Waals surface area (Å²) in [5, 5.41) is 40.8. The third-order valence-corrected chi connectivity index (χ3v) is 8.13. The number of nitrogens with two attached hydrogens (primary N) is 3. The van der Waals surface area contributed by atoms with E-state index in [0.29, 0.717) is 16.5 Å². The van der Waals surface area contributed by atoms with Gasteiger partial charge in [0.15, 0.2) is 5.96 Å². The molecule has 0 fully saturated rings. The molecule has 0 bridgehead atoms. The molecule has 0 spiro atoms. The van der Waals surface area contributed by atoms with Crippen molar-refractivity contribution in [3.8, 4) is 0 Å². The summed E-state index contributed by atoms with van der Waals surface area (Å²) in [5.41, 5.74) is 17.5. The predicted molar refractivity (Wildman–Crippen MR) is 197 cm³/mol. The molecular weight excluding hydrogens is 724 g/mol. The fraction of sp³-hybridized carbons (Fsp3) is 0.500. The minimum atomic E-state index is -1.78. The lowest BCUT2D eigenvalue weighted by Gasteiger charge is -2.26. The van der Waals surface area contributed by atoms with Gasteiger partial charge in [0.25, 0.3) is 0 Å². The molecule has 1 heterocycles. The molecule has 0 aliphatic carbocycles.